The van der Waals surface area contributed by atoms with Gasteiger partial charge in [0.05, 0.1) is 16.7 Å². The van der Waals surface area contributed by atoms with Gasteiger partial charge < -0.3 is 5.32 Å². The number of benzene rings is 1. The minimum absolute atomic E-state index is 0.217. The van der Waals surface area contributed by atoms with Gasteiger partial charge in [-0.3, -0.25) is 19.3 Å². The van der Waals surface area contributed by atoms with Crippen LogP contribution in [0, 0.1) is 0 Å². The van der Waals surface area contributed by atoms with E-state index in [1.165, 1.54) is 12.2 Å². The molecule has 140 valence electrons. The standard InChI is InChI=1S/C18H16N2O5S2/c21-16(19-14-9-10-27(24,25)12-14)11-20-17(22)15(26-18(20)23)8-4-7-13-5-2-1-3-6-13/h1-10,14H,11-12H2,(H,19,21). The number of carbonyl (C=O) groups excluding carboxylic acids is 3. The zero-order valence-electron chi connectivity index (χ0n) is 14.1. The monoisotopic (exact) mass is 404 g/mol. The predicted octanol–water partition coefficient (Wildman–Crippen LogP) is 1.71. The summed E-state index contributed by atoms with van der Waals surface area (Å²) >= 11 is 0.759. The van der Waals surface area contributed by atoms with Gasteiger partial charge in [0.2, 0.25) is 5.91 Å². The van der Waals surface area contributed by atoms with Crippen LogP contribution in [0.4, 0.5) is 4.79 Å². The van der Waals surface area contributed by atoms with Gasteiger partial charge in [-0.15, -0.1) is 0 Å². The number of sulfone groups is 1. The lowest BCUT2D eigenvalue weighted by atomic mass is 10.2. The Bertz CT molecular complexity index is 965. The zero-order valence-corrected chi connectivity index (χ0v) is 15.7. The summed E-state index contributed by atoms with van der Waals surface area (Å²) in [5.41, 5.74) is 0.951. The van der Waals surface area contributed by atoms with Crippen LogP contribution < -0.4 is 5.32 Å². The van der Waals surface area contributed by atoms with Crippen LogP contribution in [0.2, 0.25) is 0 Å². The molecular formula is C18H16N2O5S2. The fourth-order valence-corrected chi connectivity index (χ4v) is 4.55. The molecule has 0 spiro atoms. The van der Waals surface area contributed by atoms with E-state index in [1.807, 2.05) is 30.3 Å². The Morgan fingerprint density at radius 1 is 1.26 bits per heavy atom. The summed E-state index contributed by atoms with van der Waals surface area (Å²) in [7, 11) is -3.30. The first-order chi connectivity index (χ1) is 12.8. The van der Waals surface area contributed by atoms with Crippen LogP contribution in [0.1, 0.15) is 5.56 Å². The SMILES string of the molecule is O=C(CN1C(=O)SC(=CC=Cc2ccccc2)C1=O)NC1C=CS(=O)(=O)C1. The molecule has 0 aromatic heterocycles. The van der Waals surface area contributed by atoms with Gasteiger partial charge in [0.15, 0.2) is 9.84 Å². The third kappa shape index (κ3) is 4.95. The third-order valence-corrected chi connectivity index (χ3v) is 6.11. The summed E-state index contributed by atoms with van der Waals surface area (Å²) in [6.45, 7) is -0.450. The van der Waals surface area contributed by atoms with Gasteiger partial charge in [0, 0.05) is 5.41 Å². The van der Waals surface area contributed by atoms with Crippen LogP contribution >= 0.6 is 11.8 Å². The van der Waals surface area contributed by atoms with E-state index < -0.39 is 39.5 Å². The van der Waals surface area contributed by atoms with Crippen molar-refractivity contribution in [3.8, 4) is 0 Å². The van der Waals surface area contributed by atoms with Crippen molar-refractivity contribution in [2.45, 2.75) is 6.04 Å². The number of rotatable bonds is 5. The molecule has 2 aliphatic heterocycles. The molecule has 7 nitrogen and oxygen atoms in total. The lowest BCUT2D eigenvalue weighted by Gasteiger charge is -2.14. The molecule has 0 bridgehead atoms. The molecule has 3 amide bonds. The molecule has 2 heterocycles. The molecular weight excluding hydrogens is 388 g/mol. The molecule has 3 rings (SSSR count). The quantitative estimate of drug-likeness (QED) is 0.750. The lowest BCUT2D eigenvalue weighted by Crippen LogP contribution is -2.43. The zero-order chi connectivity index (χ0) is 19.4. The number of carbonyl (C=O) groups is 3. The fraction of sp³-hybridized carbons (Fsp3) is 0.167. The number of nitrogens with zero attached hydrogens (tertiary/aromatic N) is 1. The Labute approximate surface area is 160 Å². The summed E-state index contributed by atoms with van der Waals surface area (Å²) in [5, 5.41) is 2.99. The van der Waals surface area contributed by atoms with Crippen LogP contribution in [0.5, 0.6) is 0 Å². The summed E-state index contributed by atoms with van der Waals surface area (Å²) < 4.78 is 22.7. The Balaban J connectivity index is 1.59. The largest absolute Gasteiger partial charge is 0.347 e. The molecule has 1 unspecified atom stereocenters. The summed E-state index contributed by atoms with van der Waals surface area (Å²) in [4.78, 5) is 37.4. The number of allylic oxidation sites excluding steroid dienone is 2. The summed E-state index contributed by atoms with van der Waals surface area (Å²) in [6, 6.07) is 8.82. The summed E-state index contributed by atoms with van der Waals surface area (Å²) in [6.07, 6.45) is 6.37. The molecule has 0 aliphatic carbocycles. The molecule has 9 heteroatoms. The van der Waals surface area contributed by atoms with Gasteiger partial charge in [0.25, 0.3) is 11.1 Å². The average Bonchev–Trinajstić information content (AvgIpc) is 3.09. The number of hydrogen-bond acceptors (Lipinski definition) is 6. The fourth-order valence-electron chi connectivity index (χ4n) is 2.52. The Kier molecular flexibility index (Phi) is 5.62. The third-order valence-electron chi connectivity index (χ3n) is 3.79. The van der Waals surface area contributed by atoms with Gasteiger partial charge in [-0.25, -0.2) is 8.42 Å². The number of nitrogens with one attached hydrogen (secondary N) is 1. The number of hydrogen-bond donors (Lipinski definition) is 1. The van der Waals surface area contributed by atoms with E-state index in [-0.39, 0.29) is 10.7 Å². The number of thioether (sulfide) groups is 1. The first-order valence-electron chi connectivity index (χ1n) is 8.01. The maximum absolute atomic E-state index is 12.3. The topological polar surface area (TPSA) is 101 Å². The van der Waals surface area contributed by atoms with Crippen LogP contribution in [-0.2, 0) is 19.4 Å². The Morgan fingerprint density at radius 3 is 2.67 bits per heavy atom. The highest BCUT2D eigenvalue weighted by molar-refractivity contribution is 8.18. The lowest BCUT2D eigenvalue weighted by molar-refractivity contribution is -0.129. The van der Waals surface area contributed by atoms with Crippen molar-refractivity contribution in [3.63, 3.8) is 0 Å². The van der Waals surface area contributed by atoms with Crippen molar-refractivity contribution < 1.29 is 22.8 Å². The first kappa shape index (κ1) is 19.1. The van der Waals surface area contributed by atoms with E-state index in [1.54, 1.807) is 12.2 Å². The van der Waals surface area contributed by atoms with E-state index in [2.05, 4.69) is 5.32 Å². The van der Waals surface area contributed by atoms with E-state index in [9.17, 15) is 22.8 Å². The Morgan fingerprint density at radius 2 is 2.00 bits per heavy atom. The highest BCUT2D eigenvalue weighted by Gasteiger charge is 2.36. The molecule has 1 saturated heterocycles. The van der Waals surface area contributed by atoms with Crippen molar-refractivity contribution in [1.29, 1.82) is 0 Å². The van der Waals surface area contributed by atoms with E-state index in [0.29, 0.717) is 0 Å². The smallest absolute Gasteiger partial charge is 0.294 e. The van der Waals surface area contributed by atoms with Crippen molar-refractivity contribution >= 4 is 44.7 Å². The maximum atomic E-state index is 12.3. The molecule has 0 saturated carbocycles. The highest BCUT2D eigenvalue weighted by atomic mass is 32.2. The van der Waals surface area contributed by atoms with Crippen molar-refractivity contribution in [2.24, 2.45) is 0 Å². The highest BCUT2D eigenvalue weighted by Crippen LogP contribution is 2.30. The van der Waals surface area contributed by atoms with Gasteiger partial charge in [-0.2, -0.15) is 0 Å². The molecule has 1 N–H and O–H groups in total. The van der Waals surface area contributed by atoms with Crippen LogP contribution in [0.25, 0.3) is 6.08 Å². The average molecular weight is 404 g/mol. The van der Waals surface area contributed by atoms with Crippen LogP contribution in [-0.4, -0.2) is 48.7 Å². The molecule has 27 heavy (non-hydrogen) atoms. The summed E-state index contributed by atoms with van der Waals surface area (Å²) in [5.74, 6) is -1.36. The molecule has 1 atom stereocenters. The van der Waals surface area contributed by atoms with E-state index >= 15 is 0 Å². The van der Waals surface area contributed by atoms with Gasteiger partial charge in [-0.05, 0) is 29.5 Å². The van der Waals surface area contributed by atoms with Crippen molar-refractivity contribution in [1.82, 2.24) is 10.2 Å². The van der Waals surface area contributed by atoms with E-state index in [4.69, 9.17) is 0 Å². The Hall–Kier alpha value is -2.65. The van der Waals surface area contributed by atoms with Crippen molar-refractivity contribution in [3.05, 3.63) is 64.4 Å². The molecule has 2 aliphatic rings. The number of imide groups is 1. The molecule has 0 radical (unpaired) electrons. The van der Waals surface area contributed by atoms with Crippen LogP contribution in [0.3, 0.4) is 0 Å². The second kappa shape index (κ2) is 7.93. The second-order valence-corrected chi connectivity index (χ2v) is 8.82. The normalized spacial score (nSPS) is 22.9. The molecule has 1 aromatic carbocycles. The van der Waals surface area contributed by atoms with Crippen LogP contribution in [0.15, 0.2) is 58.9 Å². The van der Waals surface area contributed by atoms with Gasteiger partial charge >= 0.3 is 0 Å². The first-order valence-corrected chi connectivity index (χ1v) is 10.5. The minimum atomic E-state index is -3.30. The minimum Gasteiger partial charge on any atom is -0.347 e. The van der Waals surface area contributed by atoms with E-state index in [0.717, 1.165) is 27.6 Å². The molecule has 1 aromatic rings. The maximum Gasteiger partial charge on any atom is 0.294 e. The van der Waals surface area contributed by atoms with Gasteiger partial charge in [-0.1, -0.05) is 42.5 Å². The number of amides is 3. The van der Waals surface area contributed by atoms with Crippen molar-refractivity contribution in [2.75, 3.05) is 12.3 Å². The second-order valence-electron chi connectivity index (χ2n) is 5.89. The molecule has 1 fully saturated rings. The predicted molar refractivity (Wildman–Crippen MR) is 103 cm³/mol. The van der Waals surface area contributed by atoms with Gasteiger partial charge in [0.1, 0.15) is 6.54 Å².